The summed E-state index contributed by atoms with van der Waals surface area (Å²) in [6, 6.07) is 6.71. The second kappa shape index (κ2) is 7.57. The Hall–Kier alpha value is -4.42. The average Bonchev–Trinajstić information content (AvgIpc) is 3.62. The number of rotatable bonds is 4. The minimum Gasteiger partial charge on any atom is -0.455 e. The number of halogens is 3. The molecule has 13 heteroatoms. The smallest absolute Gasteiger partial charge is 0.333 e. The molecule has 4 aromatic heterocycles. The van der Waals surface area contributed by atoms with Crippen molar-refractivity contribution in [3.05, 3.63) is 71.7 Å². The van der Waals surface area contributed by atoms with Crippen LogP contribution >= 0.6 is 0 Å². The first-order valence-electron chi connectivity index (χ1n) is 10.2. The summed E-state index contributed by atoms with van der Waals surface area (Å²) in [5, 5.41) is 11.8. The molecule has 172 valence electrons. The maximum atomic E-state index is 14.3. The molecule has 6 rings (SSSR count). The molecule has 1 aliphatic heterocycles. The quantitative estimate of drug-likeness (QED) is 0.426. The van der Waals surface area contributed by atoms with Gasteiger partial charge in [0.1, 0.15) is 17.5 Å². The fourth-order valence-corrected chi connectivity index (χ4v) is 4.06. The van der Waals surface area contributed by atoms with Crippen LogP contribution in [0.15, 0.2) is 51.7 Å². The predicted molar refractivity (Wildman–Crippen MR) is 108 cm³/mol. The highest BCUT2D eigenvalue weighted by atomic mass is 19.3. The van der Waals surface area contributed by atoms with E-state index in [1.165, 1.54) is 23.4 Å². The Morgan fingerprint density at radius 1 is 1.21 bits per heavy atom. The molecule has 5 aromatic rings. The molecule has 0 unspecified atom stereocenters. The number of fused-ring (bicyclic) bond motifs is 2. The van der Waals surface area contributed by atoms with Crippen LogP contribution in [0.3, 0.4) is 0 Å². The van der Waals surface area contributed by atoms with Crippen molar-refractivity contribution >= 4 is 16.9 Å². The number of alkyl halides is 2. The molecule has 0 spiro atoms. The molecule has 1 N–H and O–H groups in total. The Labute approximate surface area is 188 Å². The fourth-order valence-electron chi connectivity index (χ4n) is 4.06. The minimum atomic E-state index is -2.83. The summed E-state index contributed by atoms with van der Waals surface area (Å²) in [6.07, 6.45) is 3.05. The molecule has 5 heterocycles. The Balaban J connectivity index is 1.37. The van der Waals surface area contributed by atoms with Gasteiger partial charge in [0.2, 0.25) is 0 Å². The molecule has 0 saturated heterocycles. The summed E-state index contributed by atoms with van der Waals surface area (Å²) in [4.78, 5) is 22.2. The van der Waals surface area contributed by atoms with Crippen LogP contribution in [0.2, 0.25) is 0 Å². The second-order valence-electron chi connectivity index (χ2n) is 7.60. The number of para-hydroxylation sites is 1. The van der Waals surface area contributed by atoms with Gasteiger partial charge in [-0.05, 0) is 18.2 Å². The molecule has 0 saturated carbocycles. The zero-order valence-electron chi connectivity index (χ0n) is 17.2. The molecule has 1 aliphatic rings. The number of hydrogen-bond acceptors (Lipinski definition) is 7. The molecule has 0 radical (unpaired) electrons. The van der Waals surface area contributed by atoms with Crippen molar-refractivity contribution in [2.45, 2.75) is 19.0 Å². The fraction of sp³-hybridized carbons (Fsp3) is 0.190. The molecular weight excluding hydrogens is 455 g/mol. The first-order valence-corrected chi connectivity index (χ1v) is 10.2. The van der Waals surface area contributed by atoms with Crippen LogP contribution in [-0.4, -0.2) is 47.3 Å². The van der Waals surface area contributed by atoms with Crippen molar-refractivity contribution in [2.75, 3.05) is 6.54 Å². The van der Waals surface area contributed by atoms with E-state index in [9.17, 15) is 18.0 Å². The molecule has 0 fully saturated rings. The third-order valence-corrected chi connectivity index (χ3v) is 5.61. The maximum Gasteiger partial charge on any atom is 0.333 e. The summed E-state index contributed by atoms with van der Waals surface area (Å²) in [5.41, 5.74) is 1.44. The van der Waals surface area contributed by atoms with Gasteiger partial charge in [0, 0.05) is 30.2 Å². The lowest BCUT2D eigenvalue weighted by atomic mass is 10.00. The van der Waals surface area contributed by atoms with E-state index in [4.69, 9.17) is 8.83 Å². The SMILES string of the molecule is O=C(c1nnc(-c2ccn(C(F)F)n2)o1)N1CCc2[nH]cnc2[C@H]1c1cc2cccc(F)c2o1. The Morgan fingerprint density at radius 2 is 2.09 bits per heavy atom. The van der Waals surface area contributed by atoms with Crippen LogP contribution in [0.4, 0.5) is 13.2 Å². The summed E-state index contributed by atoms with van der Waals surface area (Å²) >= 11 is 0. The minimum absolute atomic E-state index is 0.00407. The third kappa shape index (κ3) is 3.16. The second-order valence-corrected chi connectivity index (χ2v) is 7.60. The van der Waals surface area contributed by atoms with Crippen LogP contribution in [0.25, 0.3) is 22.6 Å². The lowest BCUT2D eigenvalue weighted by Crippen LogP contribution is -2.40. The summed E-state index contributed by atoms with van der Waals surface area (Å²) in [6.45, 7) is -2.57. The number of aromatic amines is 1. The van der Waals surface area contributed by atoms with Crippen LogP contribution in [0.5, 0.6) is 0 Å². The van der Waals surface area contributed by atoms with Gasteiger partial charge in [-0.3, -0.25) is 4.79 Å². The van der Waals surface area contributed by atoms with Crippen molar-refractivity contribution in [2.24, 2.45) is 0 Å². The van der Waals surface area contributed by atoms with Gasteiger partial charge in [-0.1, -0.05) is 12.1 Å². The van der Waals surface area contributed by atoms with E-state index in [2.05, 4.69) is 25.3 Å². The van der Waals surface area contributed by atoms with Crippen molar-refractivity contribution in [1.29, 1.82) is 0 Å². The lowest BCUT2D eigenvalue weighted by Gasteiger charge is -2.32. The van der Waals surface area contributed by atoms with Gasteiger partial charge in [0.15, 0.2) is 11.4 Å². The van der Waals surface area contributed by atoms with Crippen LogP contribution in [0, 0.1) is 5.82 Å². The molecule has 1 amide bonds. The monoisotopic (exact) mass is 469 g/mol. The van der Waals surface area contributed by atoms with Gasteiger partial charge in [-0.15, -0.1) is 10.2 Å². The van der Waals surface area contributed by atoms with Crippen LogP contribution in [-0.2, 0) is 6.42 Å². The number of benzene rings is 1. The van der Waals surface area contributed by atoms with E-state index in [-0.39, 0.29) is 29.6 Å². The number of carbonyl (C=O) groups excluding carboxylic acids is 1. The first-order chi connectivity index (χ1) is 16.5. The molecule has 1 atom stereocenters. The summed E-state index contributed by atoms with van der Waals surface area (Å²) in [5.74, 6) is -1.36. The van der Waals surface area contributed by atoms with E-state index in [1.54, 1.807) is 18.2 Å². The number of aromatic nitrogens is 6. The number of carbonyl (C=O) groups is 1. The van der Waals surface area contributed by atoms with Gasteiger partial charge in [0.05, 0.1) is 12.0 Å². The molecule has 0 bridgehead atoms. The number of H-pyrrole nitrogens is 1. The van der Waals surface area contributed by atoms with E-state index in [0.29, 0.717) is 27.9 Å². The number of nitrogens with one attached hydrogen (secondary N) is 1. The van der Waals surface area contributed by atoms with Crippen molar-refractivity contribution < 1.29 is 26.8 Å². The van der Waals surface area contributed by atoms with Gasteiger partial charge >= 0.3 is 18.3 Å². The summed E-state index contributed by atoms with van der Waals surface area (Å²) < 4.78 is 51.6. The van der Waals surface area contributed by atoms with E-state index < -0.39 is 24.3 Å². The lowest BCUT2D eigenvalue weighted by molar-refractivity contribution is 0.0566. The highest BCUT2D eigenvalue weighted by Crippen LogP contribution is 2.37. The zero-order chi connectivity index (χ0) is 23.4. The van der Waals surface area contributed by atoms with Crippen molar-refractivity contribution in [3.63, 3.8) is 0 Å². The van der Waals surface area contributed by atoms with E-state index >= 15 is 0 Å². The van der Waals surface area contributed by atoms with Gasteiger partial charge in [0.25, 0.3) is 5.89 Å². The Morgan fingerprint density at radius 3 is 2.88 bits per heavy atom. The topological polar surface area (TPSA) is 119 Å². The van der Waals surface area contributed by atoms with Crippen LogP contribution < -0.4 is 0 Å². The predicted octanol–water partition coefficient (Wildman–Crippen LogP) is 3.72. The first kappa shape index (κ1) is 20.2. The van der Waals surface area contributed by atoms with Gasteiger partial charge in [-0.25, -0.2) is 14.1 Å². The molecule has 0 aliphatic carbocycles. The number of amides is 1. The number of nitrogens with zero attached hydrogens (tertiary/aromatic N) is 6. The number of hydrogen-bond donors (Lipinski definition) is 1. The molecule has 34 heavy (non-hydrogen) atoms. The van der Waals surface area contributed by atoms with Gasteiger partial charge in [-0.2, -0.15) is 13.9 Å². The highest BCUT2D eigenvalue weighted by molar-refractivity contribution is 5.90. The van der Waals surface area contributed by atoms with Crippen LogP contribution in [0.1, 0.15) is 40.4 Å². The standard InChI is InChI=1S/C21H14F3N7O3/c22-11-3-1-2-10-8-14(33-17(10)11)16-15-12(25-9-26-15)4-6-30(16)20(32)19-28-27-18(34-19)13-5-7-31(29-13)21(23)24/h1-3,5,7-9,16,21H,4,6H2,(H,25,26)/t16-/m1/s1. The Kier molecular flexibility index (Phi) is 4.50. The largest absolute Gasteiger partial charge is 0.455 e. The third-order valence-electron chi connectivity index (χ3n) is 5.61. The van der Waals surface area contributed by atoms with Gasteiger partial charge < -0.3 is 18.7 Å². The normalized spacial score (nSPS) is 15.9. The Bertz CT molecular complexity index is 1520. The van der Waals surface area contributed by atoms with E-state index in [1.807, 2.05) is 0 Å². The molecule has 10 nitrogen and oxygen atoms in total. The average molecular weight is 469 g/mol. The number of imidazole rings is 1. The summed E-state index contributed by atoms with van der Waals surface area (Å²) in [7, 11) is 0. The maximum absolute atomic E-state index is 14.3. The molecule has 1 aromatic carbocycles. The highest BCUT2D eigenvalue weighted by Gasteiger charge is 2.39. The zero-order valence-corrected chi connectivity index (χ0v) is 17.2. The van der Waals surface area contributed by atoms with Crippen molar-refractivity contribution in [1.82, 2.24) is 34.8 Å². The van der Waals surface area contributed by atoms with Crippen molar-refractivity contribution in [3.8, 4) is 11.6 Å². The number of furan rings is 1. The van der Waals surface area contributed by atoms with E-state index in [0.717, 1.165) is 11.9 Å². The molecular formula is C21H14F3N7O3.